The first-order valence-corrected chi connectivity index (χ1v) is 25.2. The first-order chi connectivity index (χ1) is 36.7. The monoisotopic (exact) mass is 935 g/mol. The molecule has 3 aromatic heterocycles. The van der Waals surface area contributed by atoms with E-state index < -0.39 is 0 Å². The molecule has 0 radical (unpaired) electrons. The van der Waals surface area contributed by atoms with Gasteiger partial charge in [0.25, 0.3) is 6.71 Å². The van der Waals surface area contributed by atoms with Crippen molar-refractivity contribution in [2.24, 2.45) is 0 Å². The molecule has 0 saturated carbocycles. The summed E-state index contributed by atoms with van der Waals surface area (Å²) in [5.41, 5.74) is 21.5. The van der Waals surface area contributed by atoms with Crippen LogP contribution in [-0.2, 0) is 0 Å². The highest BCUT2D eigenvalue weighted by atomic mass is 15.1. The van der Waals surface area contributed by atoms with Gasteiger partial charge in [0.05, 0.1) is 39.1 Å². The van der Waals surface area contributed by atoms with Crippen molar-refractivity contribution < 1.29 is 0 Å². The minimum Gasteiger partial charge on any atom is -0.309 e. The van der Waals surface area contributed by atoms with Crippen molar-refractivity contribution in [2.45, 2.75) is 0 Å². The van der Waals surface area contributed by atoms with Crippen LogP contribution in [-0.4, -0.2) is 20.4 Å². The number of nitrogens with zero attached hydrogens (tertiary/aromatic N) is 5. The average Bonchev–Trinajstić information content (AvgIpc) is 4.14. The third-order valence-corrected chi connectivity index (χ3v) is 16.1. The van der Waals surface area contributed by atoms with Gasteiger partial charge in [0, 0.05) is 43.4 Å². The molecule has 2 aliphatic rings. The molecule has 0 saturated heterocycles. The third-order valence-electron chi connectivity index (χ3n) is 16.1. The summed E-state index contributed by atoms with van der Waals surface area (Å²) in [6.45, 7) is -0.240. The zero-order valence-electron chi connectivity index (χ0n) is 39.8. The highest BCUT2D eigenvalue weighted by Gasteiger charge is 2.44. The van der Waals surface area contributed by atoms with Gasteiger partial charge >= 0.3 is 0 Å². The fourth-order valence-corrected chi connectivity index (χ4v) is 13.0. The lowest BCUT2D eigenvalue weighted by Crippen LogP contribution is -2.60. The fourth-order valence-electron chi connectivity index (χ4n) is 13.0. The molecule has 0 aliphatic carbocycles. The largest absolute Gasteiger partial charge is 0.309 e. The van der Waals surface area contributed by atoms with Crippen LogP contribution in [0, 0.1) is 22.7 Å². The van der Waals surface area contributed by atoms with Gasteiger partial charge in [-0.2, -0.15) is 10.5 Å². The van der Waals surface area contributed by atoms with Crippen LogP contribution in [0.15, 0.2) is 231 Å². The van der Waals surface area contributed by atoms with E-state index >= 15 is 0 Å². The molecule has 14 aromatic rings. The fraction of sp³-hybridized carbons (Fsp3) is 0. The molecule has 5 heterocycles. The van der Waals surface area contributed by atoms with Crippen molar-refractivity contribution in [2.75, 3.05) is 0 Å². The van der Waals surface area contributed by atoms with E-state index in [9.17, 15) is 10.5 Å². The van der Waals surface area contributed by atoms with Gasteiger partial charge in [-0.25, -0.2) is 0 Å². The van der Waals surface area contributed by atoms with Crippen LogP contribution in [0.3, 0.4) is 0 Å². The normalized spacial score (nSPS) is 12.3. The molecule has 0 amide bonds. The van der Waals surface area contributed by atoms with E-state index in [1.54, 1.807) is 0 Å². The number of hydrogen-bond donors (Lipinski definition) is 0. The summed E-state index contributed by atoms with van der Waals surface area (Å²) in [5.74, 6) is 0. The Balaban J connectivity index is 1.05. The summed E-state index contributed by atoms with van der Waals surface area (Å²) < 4.78 is 6.92. The van der Waals surface area contributed by atoms with E-state index in [1.807, 2.05) is 0 Å². The lowest BCUT2D eigenvalue weighted by atomic mass is 9.34. The van der Waals surface area contributed by atoms with Gasteiger partial charge < -0.3 is 13.7 Å². The van der Waals surface area contributed by atoms with E-state index in [0.717, 1.165) is 127 Å². The van der Waals surface area contributed by atoms with Crippen LogP contribution < -0.4 is 16.4 Å². The summed E-state index contributed by atoms with van der Waals surface area (Å²) in [6, 6.07) is 88.0. The maximum atomic E-state index is 12.1. The SMILES string of the molecule is N#Cc1c(-n2c3ccc(-c4cccc(-c5ccccc5)c4)cc3c3cc(-c4cccc(-c5ccccc5)c4)ccc32)c(C#N)c2c3c1-n1c4ccccc4c4cccc(c41)B3c1cccc3c4ccccc4n-2c13. The second-order valence-corrected chi connectivity index (χ2v) is 19.8. The Labute approximate surface area is 426 Å². The lowest BCUT2D eigenvalue weighted by Gasteiger charge is -2.35. The Morgan fingerprint density at radius 1 is 0.284 bits per heavy atom. The molecule has 2 aliphatic heterocycles. The molecule has 0 N–H and O–H groups in total. The van der Waals surface area contributed by atoms with Gasteiger partial charge in [0.1, 0.15) is 23.3 Å². The number of nitriles is 2. The molecular formula is C68H38BN5. The van der Waals surface area contributed by atoms with E-state index in [0.29, 0.717) is 16.8 Å². The second-order valence-electron chi connectivity index (χ2n) is 19.8. The summed E-state index contributed by atoms with van der Waals surface area (Å²) in [6.07, 6.45) is 0. The molecule has 16 rings (SSSR count). The minimum absolute atomic E-state index is 0.240. The van der Waals surface area contributed by atoms with Crippen LogP contribution >= 0.6 is 0 Å². The van der Waals surface area contributed by atoms with Gasteiger partial charge in [-0.15, -0.1) is 0 Å². The first kappa shape index (κ1) is 40.6. The zero-order valence-corrected chi connectivity index (χ0v) is 39.8. The molecule has 5 nitrogen and oxygen atoms in total. The Hall–Kier alpha value is -10.1. The third kappa shape index (κ3) is 5.41. The van der Waals surface area contributed by atoms with Crippen LogP contribution in [0.1, 0.15) is 11.1 Å². The van der Waals surface area contributed by atoms with Gasteiger partial charge in [-0.1, -0.05) is 182 Å². The van der Waals surface area contributed by atoms with E-state index in [-0.39, 0.29) is 6.71 Å². The number of fused-ring (bicyclic) bond motifs is 13. The van der Waals surface area contributed by atoms with Crippen molar-refractivity contribution in [1.29, 1.82) is 10.5 Å². The number of hydrogen-bond acceptors (Lipinski definition) is 2. The van der Waals surface area contributed by atoms with E-state index in [1.165, 1.54) is 10.9 Å². The summed E-state index contributed by atoms with van der Waals surface area (Å²) in [7, 11) is 0. The molecular weight excluding hydrogens is 898 g/mol. The first-order valence-electron chi connectivity index (χ1n) is 25.2. The highest BCUT2D eigenvalue weighted by Crippen LogP contribution is 2.46. The molecule has 0 fully saturated rings. The molecule has 74 heavy (non-hydrogen) atoms. The molecule has 0 atom stereocenters. The minimum atomic E-state index is -0.240. The quantitative estimate of drug-likeness (QED) is 0.161. The topological polar surface area (TPSA) is 62.4 Å². The van der Waals surface area contributed by atoms with Gasteiger partial charge in [0.2, 0.25) is 0 Å². The Morgan fingerprint density at radius 3 is 1.11 bits per heavy atom. The van der Waals surface area contributed by atoms with Gasteiger partial charge in [-0.05, 0) is 109 Å². The maximum Gasteiger partial charge on any atom is 0.252 e. The molecule has 6 heteroatoms. The number of para-hydroxylation sites is 4. The summed E-state index contributed by atoms with van der Waals surface area (Å²) in [4.78, 5) is 0. The van der Waals surface area contributed by atoms with E-state index in [4.69, 9.17) is 0 Å². The smallest absolute Gasteiger partial charge is 0.252 e. The van der Waals surface area contributed by atoms with Crippen molar-refractivity contribution in [3.05, 3.63) is 242 Å². The predicted octanol–water partition coefficient (Wildman–Crippen LogP) is 14.5. The number of rotatable bonds is 5. The zero-order chi connectivity index (χ0) is 48.8. The summed E-state index contributed by atoms with van der Waals surface area (Å²) in [5, 5.41) is 30.8. The van der Waals surface area contributed by atoms with E-state index in [2.05, 4.69) is 256 Å². The molecule has 0 bridgehead atoms. The lowest BCUT2D eigenvalue weighted by molar-refractivity contribution is 1.08. The number of benzene rings is 11. The molecule has 0 unspecified atom stereocenters. The molecule has 338 valence electrons. The average molecular weight is 936 g/mol. The van der Waals surface area contributed by atoms with Crippen molar-refractivity contribution in [3.63, 3.8) is 0 Å². The standard InChI is InChI=1S/C68H38BN5/c70-39-55-64(56(40-71)68-63-67(55)73-59-29-9-7-23-49(59)51-25-13-27-57(65(51)73)69(63)58-28-14-26-52-50-24-8-10-30-60(50)74(68)66(52)58)72-61-33-31-47(45-21-11-19-43(35-45)41-15-3-1-4-16-41)37-53(61)54-38-48(32-34-62(54)72)46-22-12-20-44(36-46)42-17-5-2-6-18-42/h1-38H. The van der Waals surface area contributed by atoms with Crippen molar-refractivity contribution in [3.8, 4) is 73.7 Å². The van der Waals surface area contributed by atoms with Crippen LogP contribution in [0.4, 0.5) is 0 Å². The number of aromatic nitrogens is 3. The Morgan fingerprint density at radius 2 is 0.649 bits per heavy atom. The van der Waals surface area contributed by atoms with Gasteiger partial charge in [0.15, 0.2) is 0 Å². The van der Waals surface area contributed by atoms with Crippen molar-refractivity contribution in [1.82, 2.24) is 13.7 Å². The van der Waals surface area contributed by atoms with Crippen LogP contribution in [0.5, 0.6) is 0 Å². The predicted molar refractivity (Wildman–Crippen MR) is 305 cm³/mol. The molecule has 0 spiro atoms. The summed E-state index contributed by atoms with van der Waals surface area (Å²) >= 11 is 0. The Bertz CT molecular complexity index is 4570. The van der Waals surface area contributed by atoms with Crippen LogP contribution in [0.2, 0.25) is 0 Å². The second kappa shape index (κ2) is 15.2. The highest BCUT2D eigenvalue weighted by molar-refractivity contribution is 7.00. The maximum absolute atomic E-state index is 12.1. The van der Waals surface area contributed by atoms with Crippen LogP contribution in [0.25, 0.3) is 127 Å². The Kier molecular flexibility index (Phi) is 8.33. The van der Waals surface area contributed by atoms with Gasteiger partial charge in [-0.3, -0.25) is 0 Å². The molecule has 11 aromatic carbocycles. The van der Waals surface area contributed by atoms with Crippen molar-refractivity contribution >= 4 is 88.5 Å².